The van der Waals surface area contributed by atoms with E-state index in [-0.39, 0.29) is 11.8 Å². The lowest BCUT2D eigenvalue weighted by Crippen LogP contribution is -2.26. The first-order valence-electron chi connectivity index (χ1n) is 6.65. The summed E-state index contributed by atoms with van der Waals surface area (Å²) in [6.07, 6.45) is 4.42. The standard InChI is InChI=1S/C15H20BrNO/c1-11-6-8-12(9-7-11)15(18)17-14-5-3-2-4-13(14)10-16/h2-5,11-12H,6-10H2,1H3,(H,17,18). The van der Waals surface area contributed by atoms with Gasteiger partial charge in [-0.05, 0) is 43.2 Å². The largest absolute Gasteiger partial charge is 0.326 e. The van der Waals surface area contributed by atoms with Gasteiger partial charge in [-0.2, -0.15) is 0 Å². The van der Waals surface area contributed by atoms with Gasteiger partial charge in [0.15, 0.2) is 0 Å². The minimum Gasteiger partial charge on any atom is -0.326 e. The Hall–Kier alpha value is -0.830. The van der Waals surface area contributed by atoms with Gasteiger partial charge in [-0.25, -0.2) is 0 Å². The lowest BCUT2D eigenvalue weighted by Gasteiger charge is -2.25. The van der Waals surface area contributed by atoms with Crippen molar-refractivity contribution in [1.82, 2.24) is 0 Å². The average Bonchev–Trinajstić information content (AvgIpc) is 2.40. The Bertz CT molecular complexity index is 411. The molecule has 1 amide bonds. The molecule has 0 spiro atoms. The summed E-state index contributed by atoms with van der Waals surface area (Å²) >= 11 is 3.45. The molecule has 1 saturated carbocycles. The minimum absolute atomic E-state index is 0.190. The van der Waals surface area contributed by atoms with Gasteiger partial charge >= 0.3 is 0 Å². The summed E-state index contributed by atoms with van der Waals surface area (Å²) in [6.45, 7) is 2.27. The van der Waals surface area contributed by atoms with Crippen LogP contribution in [0.2, 0.25) is 0 Å². The minimum atomic E-state index is 0.190. The summed E-state index contributed by atoms with van der Waals surface area (Å²) in [5.74, 6) is 1.17. The molecule has 0 radical (unpaired) electrons. The first-order valence-corrected chi connectivity index (χ1v) is 7.77. The lowest BCUT2D eigenvalue weighted by atomic mass is 9.82. The summed E-state index contributed by atoms with van der Waals surface area (Å²) < 4.78 is 0. The van der Waals surface area contributed by atoms with Crippen LogP contribution in [0.25, 0.3) is 0 Å². The Morgan fingerprint density at radius 1 is 1.28 bits per heavy atom. The van der Waals surface area contributed by atoms with Crippen molar-refractivity contribution >= 4 is 27.5 Å². The quantitative estimate of drug-likeness (QED) is 0.826. The Labute approximate surface area is 117 Å². The van der Waals surface area contributed by atoms with E-state index in [9.17, 15) is 4.79 Å². The van der Waals surface area contributed by atoms with Crippen LogP contribution in [0.15, 0.2) is 24.3 Å². The maximum atomic E-state index is 12.2. The number of halogens is 1. The molecule has 18 heavy (non-hydrogen) atoms. The second-order valence-electron chi connectivity index (χ2n) is 5.24. The summed E-state index contributed by atoms with van der Waals surface area (Å²) in [5.41, 5.74) is 2.08. The van der Waals surface area contributed by atoms with Crippen LogP contribution >= 0.6 is 15.9 Å². The second kappa shape index (κ2) is 6.37. The van der Waals surface area contributed by atoms with Gasteiger partial charge in [0.05, 0.1) is 0 Å². The van der Waals surface area contributed by atoms with E-state index in [2.05, 4.69) is 28.2 Å². The molecule has 0 heterocycles. The van der Waals surface area contributed by atoms with Gasteiger partial charge < -0.3 is 5.32 Å². The van der Waals surface area contributed by atoms with Crippen LogP contribution < -0.4 is 5.32 Å². The van der Waals surface area contributed by atoms with Gasteiger partial charge in [0.2, 0.25) is 5.91 Å². The third-order valence-corrected chi connectivity index (χ3v) is 4.41. The van der Waals surface area contributed by atoms with Crippen molar-refractivity contribution in [2.75, 3.05) is 5.32 Å². The van der Waals surface area contributed by atoms with Crippen LogP contribution in [-0.4, -0.2) is 5.91 Å². The van der Waals surface area contributed by atoms with Gasteiger partial charge in [-0.15, -0.1) is 0 Å². The number of nitrogens with one attached hydrogen (secondary N) is 1. The highest BCUT2D eigenvalue weighted by Crippen LogP contribution is 2.29. The van der Waals surface area contributed by atoms with Crippen molar-refractivity contribution in [3.05, 3.63) is 29.8 Å². The molecule has 0 saturated heterocycles. The number of hydrogen-bond donors (Lipinski definition) is 1. The number of benzene rings is 1. The number of anilines is 1. The Balaban J connectivity index is 1.98. The Morgan fingerprint density at radius 3 is 2.61 bits per heavy atom. The molecule has 0 bridgehead atoms. The van der Waals surface area contributed by atoms with Crippen LogP contribution in [0.4, 0.5) is 5.69 Å². The first-order chi connectivity index (χ1) is 8.70. The van der Waals surface area contributed by atoms with Crippen LogP contribution in [-0.2, 0) is 10.1 Å². The fourth-order valence-electron chi connectivity index (χ4n) is 2.52. The fraction of sp³-hybridized carbons (Fsp3) is 0.533. The van der Waals surface area contributed by atoms with E-state index in [0.29, 0.717) is 0 Å². The molecule has 0 atom stereocenters. The molecular formula is C15H20BrNO. The zero-order chi connectivity index (χ0) is 13.0. The SMILES string of the molecule is CC1CCC(C(=O)Nc2ccccc2CBr)CC1. The van der Waals surface area contributed by atoms with E-state index in [0.717, 1.165) is 35.3 Å². The van der Waals surface area contributed by atoms with Gasteiger partial charge in [0, 0.05) is 16.9 Å². The highest BCUT2D eigenvalue weighted by molar-refractivity contribution is 9.08. The summed E-state index contributed by atoms with van der Waals surface area (Å²) in [7, 11) is 0. The monoisotopic (exact) mass is 309 g/mol. The van der Waals surface area contributed by atoms with Gasteiger partial charge in [-0.3, -0.25) is 4.79 Å². The smallest absolute Gasteiger partial charge is 0.227 e. The summed E-state index contributed by atoms with van der Waals surface area (Å²) in [5, 5.41) is 3.85. The molecule has 1 aliphatic carbocycles. The molecule has 3 heteroatoms. The van der Waals surface area contributed by atoms with Gasteiger partial charge in [0.1, 0.15) is 0 Å². The molecule has 0 aliphatic heterocycles. The zero-order valence-corrected chi connectivity index (χ0v) is 12.4. The van der Waals surface area contributed by atoms with Crippen molar-refractivity contribution in [3.8, 4) is 0 Å². The maximum Gasteiger partial charge on any atom is 0.227 e. The molecule has 2 nitrogen and oxygen atoms in total. The number of carbonyl (C=O) groups is 1. The van der Waals surface area contributed by atoms with Crippen LogP contribution in [0.3, 0.4) is 0 Å². The molecule has 1 aromatic rings. The van der Waals surface area contributed by atoms with Crippen LogP contribution in [0.1, 0.15) is 38.2 Å². The van der Waals surface area contributed by atoms with Gasteiger partial charge in [0.25, 0.3) is 0 Å². The van der Waals surface area contributed by atoms with Crippen molar-refractivity contribution < 1.29 is 4.79 Å². The van der Waals surface area contributed by atoms with E-state index in [1.54, 1.807) is 0 Å². The zero-order valence-electron chi connectivity index (χ0n) is 10.8. The predicted molar refractivity (Wildman–Crippen MR) is 78.8 cm³/mol. The molecule has 2 rings (SSSR count). The first kappa shape index (κ1) is 13.6. The van der Waals surface area contributed by atoms with Crippen molar-refractivity contribution in [2.24, 2.45) is 11.8 Å². The van der Waals surface area contributed by atoms with Crippen LogP contribution in [0, 0.1) is 11.8 Å². The maximum absolute atomic E-state index is 12.2. The number of amides is 1. The topological polar surface area (TPSA) is 29.1 Å². The molecule has 1 N–H and O–H groups in total. The lowest BCUT2D eigenvalue weighted by molar-refractivity contribution is -0.121. The number of hydrogen-bond acceptors (Lipinski definition) is 1. The molecule has 1 fully saturated rings. The van der Waals surface area contributed by atoms with E-state index in [4.69, 9.17) is 0 Å². The summed E-state index contributed by atoms with van der Waals surface area (Å²) in [6, 6.07) is 7.96. The second-order valence-corrected chi connectivity index (χ2v) is 5.80. The Kier molecular flexibility index (Phi) is 4.81. The molecule has 1 aliphatic rings. The normalized spacial score (nSPS) is 23.7. The van der Waals surface area contributed by atoms with E-state index in [1.807, 2.05) is 24.3 Å². The molecule has 0 unspecified atom stereocenters. The molecule has 98 valence electrons. The van der Waals surface area contributed by atoms with E-state index < -0.39 is 0 Å². The third-order valence-electron chi connectivity index (χ3n) is 3.81. The number of alkyl halides is 1. The summed E-state index contributed by atoms with van der Waals surface area (Å²) in [4.78, 5) is 12.2. The number of rotatable bonds is 3. The third kappa shape index (κ3) is 3.35. The fourth-order valence-corrected chi connectivity index (χ4v) is 3.00. The highest BCUT2D eigenvalue weighted by Gasteiger charge is 2.24. The molecule has 0 aromatic heterocycles. The number of carbonyl (C=O) groups excluding carboxylic acids is 1. The average molecular weight is 310 g/mol. The van der Waals surface area contributed by atoms with Gasteiger partial charge in [-0.1, -0.05) is 41.1 Å². The number of para-hydroxylation sites is 1. The van der Waals surface area contributed by atoms with Crippen molar-refractivity contribution in [3.63, 3.8) is 0 Å². The molecular weight excluding hydrogens is 290 g/mol. The highest BCUT2D eigenvalue weighted by atomic mass is 79.9. The predicted octanol–water partition coefficient (Wildman–Crippen LogP) is 4.35. The van der Waals surface area contributed by atoms with Crippen LogP contribution in [0.5, 0.6) is 0 Å². The van der Waals surface area contributed by atoms with E-state index >= 15 is 0 Å². The van der Waals surface area contributed by atoms with Crippen molar-refractivity contribution in [2.45, 2.75) is 37.9 Å². The van der Waals surface area contributed by atoms with E-state index in [1.165, 1.54) is 12.8 Å². The Morgan fingerprint density at radius 2 is 1.94 bits per heavy atom. The molecule has 1 aromatic carbocycles. The van der Waals surface area contributed by atoms with Crippen molar-refractivity contribution in [1.29, 1.82) is 0 Å².